The molecule has 4 heteroatoms. The highest BCUT2D eigenvalue weighted by Gasteiger charge is 2.26. The zero-order valence-electron chi connectivity index (χ0n) is 11.8. The van der Waals surface area contributed by atoms with Crippen LogP contribution in [0.1, 0.15) is 39.2 Å². The Bertz CT molecular complexity index is 415. The fourth-order valence-corrected chi connectivity index (χ4v) is 2.03. The number of ether oxygens (including phenoxy) is 1. The zero-order chi connectivity index (χ0) is 14.5. The van der Waals surface area contributed by atoms with E-state index >= 15 is 0 Å². The Morgan fingerprint density at radius 3 is 2.47 bits per heavy atom. The molecule has 0 aliphatic carbocycles. The molecule has 3 nitrogen and oxygen atoms in total. The molecule has 0 amide bonds. The summed E-state index contributed by atoms with van der Waals surface area (Å²) in [5, 5.41) is 0.698. The van der Waals surface area contributed by atoms with Gasteiger partial charge in [-0.2, -0.15) is 0 Å². The summed E-state index contributed by atoms with van der Waals surface area (Å²) >= 11 is 5.84. The number of carbonyl (C=O) groups excluding carboxylic acids is 1. The number of benzene rings is 1. The lowest BCUT2D eigenvalue weighted by Gasteiger charge is -2.27. The third-order valence-electron chi connectivity index (χ3n) is 2.82. The minimum Gasteiger partial charge on any atom is -0.458 e. The highest BCUT2D eigenvalue weighted by molar-refractivity contribution is 6.30. The number of halogens is 1. The number of nitrogens with two attached hydrogens (primary N) is 1. The second-order valence-electron chi connectivity index (χ2n) is 5.38. The van der Waals surface area contributed by atoms with Crippen LogP contribution in [0, 0.1) is 0 Å². The van der Waals surface area contributed by atoms with Crippen LogP contribution in [0.2, 0.25) is 5.02 Å². The van der Waals surface area contributed by atoms with Gasteiger partial charge in [-0.25, -0.2) is 0 Å². The Kier molecular flexibility index (Phi) is 5.83. The van der Waals surface area contributed by atoms with Crippen LogP contribution in [-0.2, 0) is 16.0 Å². The summed E-state index contributed by atoms with van der Waals surface area (Å²) in [5.74, 6) is -0.333. The lowest BCUT2D eigenvalue weighted by molar-refractivity contribution is -0.158. The number of hydrogen-bond donors (Lipinski definition) is 1. The maximum Gasteiger partial charge on any atom is 0.323 e. The van der Waals surface area contributed by atoms with Gasteiger partial charge in [0, 0.05) is 11.4 Å². The Hall–Kier alpha value is -1.06. The molecule has 1 aromatic rings. The third kappa shape index (κ3) is 5.62. The molecule has 0 spiro atoms. The maximum absolute atomic E-state index is 11.8. The summed E-state index contributed by atoms with van der Waals surface area (Å²) in [7, 11) is 0. The van der Waals surface area contributed by atoms with Crippen molar-refractivity contribution in [3.8, 4) is 0 Å². The van der Waals surface area contributed by atoms with Gasteiger partial charge in [-0.1, -0.05) is 37.1 Å². The van der Waals surface area contributed by atoms with Crippen molar-refractivity contribution in [2.75, 3.05) is 0 Å². The van der Waals surface area contributed by atoms with Crippen LogP contribution < -0.4 is 5.73 Å². The fourth-order valence-electron chi connectivity index (χ4n) is 1.91. The highest BCUT2D eigenvalue weighted by Crippen LogP contribution is 2.19. The molecular weight excluding hydrogens is 262 g/mol. The number of carbonyl (C=O) groups is 1. The maximum atomic E-state index is 11.8. The van der Waals surface area contributed by atoms with E-state index in [1.807, 2.05) is 45.0 Å². The molecule has 106 valence electrons. The van der Waals surface area contributed by atoms with Crippen molar-refractivity contribution in [1.82, 2.24) is 0 Å². The van der Waals surface area contributed by atoms with E-state index < -0.39 is 11.6 Å². The van der Waals surface area contributed by atoms with Crippen molar-refractivity contribution >= 4 is 17.6 Å². The smallest absolute Gasteiger partial charge is 0.323 e. The Morgan fingerprint density at radius 2 is 1.95 bits per heavy atom. The second-order valence-corrected chi connectivity index (χ2v) is 5.82. The normalized spacial score (nSPS) is 13.1. The largest absolute Gasteiger partial charge is 0.458 e. The molecule has 0 unspecified atom stereocenters. The van der Waals surface area contributed by atoms with Crippen molar-refractivity contribution in [3.63, 3.8) is 0 Å². The van der Waals surface area contributed by atoms with E-state index in [4.69, 9.17) is 22.1 Å². The summed E-state index contributed by atoms with van der Waals surface area (Å²) in [4.78, 5) is 11.8. The molecule has 0 fully saturated rings. The predicted octanol–water partition coefficient (Wildman–Crippen LogP) is 3.33. The van der Waals surface area contributed by atoms with Crippen LogP contribution in [0.15, 0.2) is 24.3 Å². The summed E-state index contributed by atoms with van der Waals surface area (Å²) < 4.78 is 5.49. The third-order valence-corrected chi connectivity index (χ3v) is 3.07. The molecule has 0 radical (unpaired) electrons. The van der Waals surface area contributed by atoms with Crippen molar-refractivity contribution in [2.24, 2.45) is 5.73 Å². The molecule has 1 rings (SSSR count). The molecule has 0 saturated heterocycles. The van der Waals surface area contributed by atoms with E-state index in [1.165, 1.54) is 0 Å². The first-order valence-corrected chi connectivity index (χ1v) is 6.95. The number of rotatable bonds is 6. The monoisotopic (exact) mass is 283 g/mol. The van der Waals surface area contributed by atoms with Crippen molar-refractivity contribution in [3.05, 3.63) is 34.9 Å². The van der Waals surface area contributed by atoms with Gasteiger partial charge in [0.1, 0.15) is 11.6 Å². The lowest BCUT2D eigenvalue weighted by Crippen LogP contribution is -2.39. The van der Waals surface area contributed by atoms with Gasteiger partial charge in [0.05, 0.1) is 0 Å². The van der Waals surface area contributed by atoms with Gasteiger partial charge >= 0.3 is 5.97 Å². The molecule has 0 saturated carbocycles. The van der Waals surface area contributed by atoms with Crippen LogP contribution in [0.3, 0.4) is 0 Å². The molecule has 0 aliphatic heterocycles. The summed E-state index contributed by atoms with van der Waals surface area (Å²) in [5.41, 5.74) is 6.26. The summed E-state index contributed by atoms with van der Waals surface area (Å²) in [6, 6.07) is 7.00. The van der Waals surface area contributed by atoms with Crippen molar-refractivity contribution in [1.29, 1.82) is 0 Å². The van der Waals surface area contributed by atoms with Gasteiger partial charge in [0.2, 0.25) is 0 Å². The van der Waals surface area contributed by atoms with E-state index in [1.54, 1.807) is 0 Å². The molecule has 19 heavy (non-hydrogen) atoms. The van der Waals surface area contributed by atoms with Crippen LogP contribution in [0.5, 0.6) is 0 Å². The molecule has 1 aromatic carbocycles. The van der Waals surface area contributed by atoms with Gasteiger partial charge in [-0.3, -0.25) is 4.79 Å². The first-order chi connectivity index (χ1) is 8.84. The van der Waals surface area contributed by atoms with Crippen molar-refractivity contribution in [2.45, 2.75) is 51.7 Å². The Morgan fingerprint density at radius 1 is 1.37 bits per heavy atom. The first kappa shape index (κ1) is 16.0. The molecule has 2 N–H and O–H groups in total. The molecule has 0 aromatic heterocycles. The average molecular weight is 284 g/mol. The summed E-state index contributed by atoms with van der Waals surface area (Å²) in [6.45, 7) is 5.77. The molecule has 0 bridgehead atoms. The van der Waals surface area contributed by atoms with Crippen LogP contribution in [-0.4, -0.2) is 17.6 Å². The van der Waals surface area contributed by atoms with E-state index in [2.05, 4.69) is 0 Å². The van der Waals surface area contributed by atoms with Crippen LogP contribution in [0.25, 0.3) is 0 Å². The van der Waals surface area contributed by atoms with Gasteiger partial charge in [-0.05, 0) is 38.0 Å². The standard InChI is InChI=1S/C15H22ClNO2/c1-4-5-13(17)14(18)19-15(2,3)10-11-6-8-12(16)9-7-11/h6-9,13H,4-5,10,17H2,1-3H3/t13-/m0/s1. The number of hydrogen-bond acceptors (Lipinski definition) is 3. The van der Waals surface area contributed by atoms with E-state index in [9.17, 15) is 4.79 Å². The van der Waals surface area contributed by atoms with Crippen molar-refractivity contribution < 1.29 is 9.53 Å². The Balaban J connectivity index is 2.60. The van der Waals surface area contributed by atoms with Crippen LogP contribution >= 0.6 is 11.6 Å². The second kappa shape index (κ2) is 6.92. The van der Waals surface area contributed by atoms with E-state index in [0.717, 1.165) is 12.0 Å². The topological polar surface area (TPSA) is 52.3 Å². The van der Waals surface area contributed by atoms with Gasteiger partial charge in [0.25, 0.3) is 0 Å². The minimum absolute atomic E-state index is 0.333. The summed E-state index contributed by atoms with van der Waals surface area (Å²) in [6.07, 6.45) is 2.15. The van der Waals surface area contributed by atoms with E-state index in [0.29, 0.717) is 17.9 Å². The highest BCUT2D eigenvalue weighted by atomic mass is 35.5. The number of esters is 1. The quantitative estimate of drug-likeness (QED) is 0.815. The SMILES string of the molecule is CCC[C@H](N)C(=O)OC(C)(C)Cc1ccc(Cl)cc1. The fraction of sp³-hybridized carbons (Fsp3) is 0.533. The molecule has 0 aliphatic rings. The van der Waals surface area contributed by atoms with E-state index in [-0.39, 0.29) is 5.97 Å². The first-order valence-electron chi connectivity index (χ1n) is 6.57. The zero-order valence-corrected chi connectivity index (χ0v) is 12.5. The molecular formula is C15H22ClNO2. The minimum atomic E-state index is -0.573. The predicted molar refractivity (Wildman–Crippen MR) is 78.2 cm³/mol. The van der Waals surface area contributed by atoms with Gasteiger partial charge in [-0.15, -0.1) is 0 Å². The van der Waals surface area contributed by atoms with Crippen LogP contribution in [0.4, 0.5) is 0 Å². The lowest BCUT2D eigenvalue weighted by atomic mass is 9.98. The molecule has 1 atom stereocenters. The average Bonchev–Trinajstić information content (AvgIpc) is 2.31. The Labute approximate surface area is 120 Å². The molecule has 0 heterocycles. The van der Waals surface area contributed by atoms with Gasteiger partial charge in [0.15, 0.2) is 0 Å². The van der Waals surface area contributed by atoms with Gasteiger partial charge < -0.3 is 10.5 Å².